The van der Waals surface area contributed by atoms with Crippen LogP contribution in [0.15, 0.2) is 42.5 Å². The zero-order valence-corrected chi connectivity index (χ0v) is 21.2. The van der Waals surface area contributed by atoms with Crippen molar-refractivity contribution in [2.45, 2.75) is 83.0 Å². The van der Waals surface area contributed by atoms with E-state index in [1.165, 1.54) is 69.8 Å². The van der Waals surface area contributed by atoms with Gasteiger partial charge in [-0.2, -0.15) is 0 Å². The highest BCUT2D eigenvalue weighted by Crippen LogP contribution is 2.61. The van der Waals surface area contributed by atoms with Crippen molar-refractivity contribution in [3.05, 3.63) is 64.7 Å². The summed E-state index contributed by atoms with van der Waals surface area (Å²) < 4.78 is 6.54. The summed E-state index contributed by atoms with van der Waals surface area (Å²) >= 11 is 0. The molecular weight excluding hydrogens is 432 g/mol. The maximum absolute atomic E-state index is 11.1. The molecule has 4 aliphatic carbocycles. The van der Waals surface area contributed by atoms with Crippen LogP contribution in [0.3, 0.4) is 0 Å². The van der Waals surface area contributed by atoms with Crippen LogP contribution in [0.25, 0.3) is 12.2 Å². The van der Waals surface area contributed by atoms with E-state index in [0.717, 1.165) is 47.7 Å². The average Bonchev–Trinajstić information content (AvgIpc) is 2.84. The van der Waals surface area contributed by atoms with Crippen molar-refractivity contribution < 1.29 is 14.6 Å². The fourth-order valence-corrected chi connectivity index (χ4v) is 7.46. The number of carboxylic acid groups (broad SMARTS) is 1. The third kappa shape index (κ3) is 5.50. The maximum atomic E-state index is 11.1. The lowest BCUT2D eigenvalue weighted by molar-refractivity contribution is -0.00640. The summed E-state index contributed by atoms with van der Waals surface area (Å²) in [6, 6.07) is 13.9. The summed E-state index contributed by atoms with van der Waals surface area (Å²) in [4.78, 5) is 11.1. The number of hydrogen-bond acceptors (Lipinski definition) is 2. The van der Waals surface area contributed by atoms with E-state index < -0.39 is 5.97 Å². The summed E-state index contributed by atoms with van der Waals surface area (Å²) in [7, 11) is 0. The zero-order valence-electron chi connectivity index (χ0n) is 21.2. The van der Waals surface area contributed by atoms with Crippen LogP contribution in [0, 0.1) is 17.8 Å². The van der Waals surface area contributed by atoms with Gasteiger partial charge in [-0.1, -0.05) is 69.0 Å². The first kappa shape index (κ1) is 24.2. The molecule has 3 heteroatoms. The summed E-state index contributed by atoms with van der Waals surface area (Å²) in [6.07, 6.45) is 18.8. The molecular formula is C32H40O3. The minimum Gasteiger partial charge on any atom is -0.493 e. The molecule has 0 spiro atoms. The Morgan fingerprint density at radius 1 is 0.886 bits per heavy atom. The average molecular weight is 473 g/mol. The van der Waals surface area contributed by atoms with E-state index in [-0.39, 0.29) is 0 Å². The second-order valence-electron chi connectivity index (χ2n) is 11.5. The third-order valence-corrected chi connectivity index (χ3v) is 8.75. The molecule has 0 radical (unpaired) electrons. The molecule has 4 aliphatic rings. The number of ether oxygens (including phenoxy) is 1. The number of hydrogen-bond donors (Lipinski definition) is 1. The quantitative estimate of drug-likeness (QED) is 0.264. The molecule has 0 saturated heterocycles. The molecule has 35 heavy (non-hydrogen) atoms. The molecule has 2 aromatic carbocycles. The van der Waals surface area contributed by atoms with Crippen molar-refractivity contribution in [3.8, 4) is 5.75 Å². The minimum absolute atomic E-state index is 0.316. The van der Waals surface area contributed by atoms with Crippen molar-refractivity contribution in [1.29, 1.82) is 0 Å². The van der Waals surface area contributed by atoms with Gasteiger partial charge in [-0.05, 0) is 97.4 Å². The number of aromatic carboxylic acids is 1. The number of rotatable bonds is 11. The van der Waals surface area contributed by atoms with Gasteiger partial charge in [0, 0.05) is 5.56 Å². The highest BCUT2D eigenvalue weighted by atomic mass is 16.5. The fraction of sp³-hybridized carbons (Fsp3) is 0.531. The van der Waals surface area contributed by atoms with Gasteiger partial charge in [-0.15, -0.1) is 0 Å². The van der Waals surface area contributed by atoms with E-state index in [9.17, 15) is 4.79 Å². The first-order valence-electron chi connectivity index (χ1n) is 13.8. The van der Waals surface area contributed by atoms with Gasteiger partial charge >= 0.3 is 5.97 Å². The molecule has 0 amide bonds. The third-order valence-electron chi connectivity index (χ3n) is 8.75. The van der Waals surface area contributed by atoms with Gasteiger partial charge in [0.1, 0.15) is 5.75 Å². The van der Waals surface area contributed by atoms with Gasteiger partial charge in [-0.3, -0.25) is 0 Å². The van der Waals surface area contributed by atoms with Crippen molar-refractivity contribution >= 4 is 18.1 Å². The summed E-state index contributed by atoms with van der Waals surface area (Å²) in [5.41, 5.74) is 4.24. The predicted molar refractivity (Wildman–Crippen MR) is 143 cm³/mol. The Morgan fingerprint density at radius 2 is 1.49 bits per heavy atom. The van der Waals surface area contributed by atoms with Crippen LogP contribution >= 0.6 is 0 Å². The summed E-state index contributed by atoms with van der Waals surface area (Å²) in [5, 5.41) is 9.13. The first-order valence-corrected chi connectivity index (χ1v) is 13.8. The largest absolute Gasteiger partial charge is 0.493 e. The van der Waals surface area contributed by atoms with Crippen LogP contribution in [0.4, 0.5) is 0 Å². The van der Waals surface area contributed by atoms with Crippen molar-refractivity contribution in [3.63, 3.8) is 0 Å². The predicted octanol–water partition coefficient (Wildman–Crippen LogP) is 8.37. The molecule has 6 rings (SSSR count). The molecule has 1 N–H and O–H groups in total. The van der Waals surface area contributed by atoms with E-state index in [4.69, 9.17) is 9.84 Å². The number of unbranched alkanes of at least 4 members (excludes halogenated alkanes) is 4. The highest BCUT2D eigenvalue weighted by Gasteiger charge is 2.52. The van der Waals surface area contributed by atoms with Crippen LogP contribution in [0.5, 0.6) is 5.75 Å². The van der Waals surface area contributed by atoms with Gasteiger partial charge in [0.2, 0.25) is 0 Å². The van der Waals surface area contributed by atoms with Crippen LogP contribution in [0.2, 0.25) is 0 Å². The van der Waals surface area contributed by atoms with Gasteiger partial charge < -0.3 is 9.84 Å². The molecule has 0 heterocycles. The Morgan fingerprint density at radius 3 is 2.11 bits per heavy atom. The summed E-state index contributed by atoms with van der Waals surface area (Å²) in [6.45, 7) is 3.06. The SMILES string of the molecule is CCCCCCCOc1cc(/C=C/c2ccc(C(=O)O)cc2)ccc1C12CC3CC(CC(C3)C1)C2. The van der Waals surface area contributed by atoms with E-state index in [0.29, 0.717) is 11.0 Å². The van der Waals surface area contributed by atoms with E-state index in [2.05, 4.69) is 37.3 Å². The smallest absolute Gasteiger partial charge is 0.335 e. The van der Waals surface area contributed by atoms with Crippen molar-refractivity contribution in [2.75, 3.05) is 6.61 Å². The fourth-order valence-electron chi connectivity index (χ4n) is 7.46. The van der Waals surface area contributed by atoms with Crippen LogP contribution in [0.1, 0.15) is 105 Å². The molecule has 0 atom stereocenters. The highest BCUT2D eigenvalue weighted by molar-refractivity contribution is 5.88. The van der Waals surface area contributed by atoms with Gasteiger partial charge in [-0.25, -0.2) is 4.79 Å². The Labute approximate surface area is 210 Å². The normalized spacial score (nSPS) is 26.9. The molecule has 0 aliphatic heterocycles. The Hall–Kier alpha value is -2.55. The second kappa shape index (κ2) is 10.6. The van der Waals surface area contributed by atoms with Gasteiger partial charge in [0.05, 0.1) is 12.2 Å². The topological polar surface area (TPSA) is 46.5 Å². The molecule has 4 saturated carbocycles. The summed E-state index contributed by atoms with van der Waals surface area (Å²) in [5.74, 6) is 2.95. The van der Waals surface area contributed by atoms with Crippen LogP contribution < -0.4 is 4.74 Å². The minimum atomic E-state index is -0.891. The molecule has 0 aromatic heterocycles. The Balaban J connectivity index is 1.36. The first-order chi connectivity index (χ1) is 17.0. The standard InChI is InChI=1S/C32H40O3/c1-2-3-4-5-6-15-35-30-19-24(8-7-23-9-12-28(13-10-23)31(33)34)11-14-29(30)32-20-25-16-26(21-32)18-27(17-25)22-32/h7-14,19,25-27H,2-6,15-18,20-22H2,1H3,(H,33,34)/b8-7+. The molecule has 2 aromatic rings. The van der Waals surface area contributed by atoms with Crippen molar-refractivity contribution in [1.82, 2.24) is 0 Å². The number of carbonyl (C=O) groups is 1. The second-order valence-corrected chi connectivity index (χ2v) is 11.5. The lowest BCUT2D eigenvalue weighted by Gasteiger charge is -2.57. The molecule has 4 fully saturated rings. The molecule has 4 bridgehead atoms. The molecule has 0 unspecified atom stereocenters. The van der Waals surface area contributed by atoms with Crippen molar-refractivity contribution in [2.24, 2.45) is 17.8 Å². The number of carboxylic acids is 1. The monoisotopic (exact) mass is 472 g/mol. The van der Waals surface area contributed by atoms with E-state index in [1.807, 2.05) is 12.1 Å². The van der Waals surface area contributed by atoms with Crippen LogP contribution in [-0.2, 0) is 5.41 Å². The Bertz CT molecular complexity index is 1010. The Kier molecular flexibility index (Phi) is 7.32. The van der Waals surface area contributed by atoms with Gasteiger partial charge in [0.15, 0.2) is 0 Å². The molecule has 186 valence electrons. The van der Waals surface area contributed by atoms with E-state index >= 15 is 0 Å². The zero-order chi connectivity index (χ0) is 24.3. The maximum Gasteiger partial charge on any atom is 0.335 e. The van der Waals surface area contributed by atoms with Gasteiger partial charge in [0.25, 0.3) is 0 Å². The van der Waals surface area contributed by atoms with E-state index in [1.54, 1.807) is 12.1 Å². The lowest BCUT2D eigenvalue weighted by atomic mass is 9.48. The lowest BCUT2D eigenvalue weighted by Crippen LogP contribution is -2.48. The number of benzene rings is 2. The molecule has 3 nitrogen and oxygen atoms in total. The van der Waals surface area contributed by atoms with Crippen LogP contribution in [-0.4, -0.2) is 17.7 Å².